The molecule has 0 bridgehead atoms. The van der Waals surface area contributed by atoms with Gasteiger partial charge in [0.15, 0.2) is 0 Å². The van der Waals surface area contributed by atoms with Gasteiger partial charge < -0.3 is 4.74 Å². The molecule has 0 spiro atoms. The number of nitrogens with one attached hydrogen (secondary N) is 1. The second-order valence-electron chi connectivity index (χ2n) is 5.52. The van der Waals surface area contributed by atoms with Gasteiger partial charge in [0.2, 0.25) is 10.0 Å². The number of hydrogen-bond donors (Lipinski definition) is 1. The molecule has 1 aromatic carbocycles. The Kier molecular flexibility index (Phi) is 6.49. The summed E-state index contributed by atoms with van der Waals surface area (Å²) in [5, 5.41) is 0. The highest BCUT2D eigenvalue weighted by Gasteiger charge is 2.17. The average molecular weight is 299 g/mol. The van der Waals surface area contributed by atoms with Crippen LogP contribution in [0.25, 0.3) is 0 Å². The highest BCUT2D eigenvalue weighted by atomic mass is 32.2. The van der Waals surface area contributed by atoms with Crippen LogP contribution in [0.1, 0.15) is 40.0 Å². The Balaban J connectivity index is 2.59. The summed E-state index contributed by atoms with van der Waals surface area (Å²) >= 11 is 0. The summed E-state index contributed by atoms with van der Waals surface area (Å²) in [4.78, 5) is 0.272. The molecular weight excluding hydrogens is 274 g/mol. The monoisotopic (exact) mass is 299 g/mol. The molecule has 20 heavy (non-hydrogen) atoms. The summed E-state index contributed by atoms with van der Waals surface area (Å²) in [6, 6.07) is 6.36. The van der Waals surface area contributed by atoms with Crippen molar-refractivity contribution in [3.05, 3.63) is 24.3 Å². The van der Waals surface area contributed by atoms with Crippen molar-refractivity contribution in [3.63, 3.8) is 0 Å². The smallest absolute Gasteiger partial charge is 0.240 e. The first-order valence-corrected chi connectivity index (χ1v) is 8.50. The second kappa shape index (κ2) is 7.64. The van der Waals surface area contributed by atoms with Crippen LogP contribution >= 0.6 is 0 Å². The molecule has 0 unspecified atom stereocenters. The van der Waals surface area contributed by atoms with Gasteiger partial charge in [0.25, 0.3) is 0 Å². The lowest BCUT2D eigenvalue weighted by Gasteiger charge is -2.15. The zero-order valence-corrected chi connectivity index (χ0v) is 13.5. The maximum atomic E-state index is 12.2. The molecule has 0 saturated heterocycles. The van der Waals surface area contributed by atoms with E-state index in [0.29, 0.717) is 11.7 Å². The van der Waals surface area contributed by atoms with Crippen molar-refractivity contribution in [1.29, 1.82) is 0 Å². The van der Waals surface area contributed by atoms with Gasteiger partial charge in [0.1, 0.15) is 5.75 Å². The molecule has 1 rings (SSSR count). The fourth-order valence-corrected chi connectivity index (χ4v) is 3.26. The highest BCUT2D eigenvalue weighted by Crippen LogP contribution is 2.16. The van der Waals surface area contributed by atoms with Crippen molar-refractivity contribution in [3.8, 4) is 5.75 Å². The van der Waals surface area contributed by atoms with Gasteiger partial charge in [-0.05, 0) is 43.5 Å². The van der Waals surface area contributed by atoms with Crippen LogP contribution in [-0.2, 0) is 10.0 Å². The SMILES string of the molecule is COc1ccc(S(=O)(=O)N[C@H](C)CCCC(C)C)cc1. The number of sulfonamides is 1. The van der Waals surface area contributed by atoms with Crippen LogP contribution in [-0.4, -0.2) is 21.6 Å². The lowest BCUT2D eigenvalue weighted by molar-refractivity contribution is 0.414. The molecule has 0 aromatic heterocycles. The van der Waals surface area contributed by atoms with E-state index in [0.717, 1.165) is 19.3 Å². The predicted octanol–water partition coefficient (Wildman–Crippen LogP) is 3.19. The van der Waals surface area contributed by atoms with E-state index in [1.54, 1.807) is 31.4 Å². The number of benzene rings is 1. The van der Waals surface area contributed by atoms with Crippen molar-refractivity contribution in [2.24, 2.45) is 5.92 Å². The van der Waals surface area contributed by atoms with Gasteiger partial charge in [-0.2, -0.15) is 0 Å². The van der Waals surface area contributed by atoms with Gasteiger partial charge in [0.05, 0.1) is 12.0 Å². The van der Waals surface area contributed by atoms with Crippen LogP contribution in [0.2, 0.25) is 0 Å². The number of rotatable bonds is 8. The molecule has 0 radical (unpaired) electrons. The van der Waals surface area contributed by atoms with Crippen molar-refractivity contribution in [2.45, 2.75) is 51.0 Å². The Morgan fingerprint density at radius 1 is 1.10 bits per heavy atom. The van der Waals surface area contributed by atoms with E-state index in [-0.39, 0.29) is 10.9 Å². The van der Waals surface area contributed by atoms with E-state index >= 15 is 0 Å². The molecule has 0 fully saturated rings. The topological polar surface area (TPSA) is 55.4 Å². The van der Waals surface area contributed by atoms with E-state index in [9.17, 15) is 8.42 Å². The molecule has 5 heteroatoms. The van der Waals surface area contributed by atoms with Crippen molar-refractivity contribution in [2.75, 3.05) is 7.11 Å². The number of ether oxygens (including phenoxy) is 1. The molecule has 0 heterocycles. The Morgan fingerprint density at radius 2 is 1.70 bits per heavy atom. The van der Waals surface area contributed by atoms with Gasteiger partial charge in [0, 0.05) is 6.04 Å². The van der Waals surface area contributed by atoms with Crippen LogP contribution in [0, 0.1) is 5.92 Å². The number of methoxy groups -OCH3 is 1. The third kappa shape index (κ3) is 5.51. The van der Waals surface area contributed by atoms with Crippen LogP contribution in [0.5, 0.6) is 5.75 Å². The summed E-state index contributed by atoms with van der Waals surface area (Å²) in [6.07, 6.45) is 3.01. The Labute approximate surface area is 122 Å². The second-order valence-corrected chi connectivity index (χ2v) is 7.24. The van der Waals surface area contributed by atoms with Crippen LogP contribution in [0.15, 0.2) is 29.2 Å². The van der Waals surface area contributed by atoms with E-state index in [4.69, 9.17) is 4.74 Å². The van der Waals surface area contributed by atoms with Gasteiger partial charge in [-0.25, -0.2) is 13.1 Å². The normalized spacial score (nSPS) is 13.4. The largest absolute Gasteiger partial charge is 0.497 e. The third-order valence-corrected chi connectivity index (χ3v) is 4.75. The van der Waals surface area contributed by atoms with E-state index < -0.39 is 10.0 Å². The minimum absolute atomic E-state index is 0.0548. The molecule has 4 nitrogen and oxygen atoms in total. The van der Waals surface area contributed by atoms with E-state index in [2.05, 4.69) is 18.6 Å². The third-order valence-electron chi connectivity index (χ3n) is 3.14. The summed E-state index contributed by atoms with van der Waals surface area (Å²) in [5.74, 6) is 1.30. The lowest BCUT2D eigenvalue weighted by Crippen LogP contribution is -2.32. The molecular formula is C15H25NO3S. The number of hydrogen-bond acceptors (Lipinski definition) is 3. The van der Waals surface area contributed by atoms with Crippen LogP contribution in [0.3, 0.4) is 0 Å². The van der Waals surface area contributed by atoms with Crippen LogP contribution in [0.4, 0.5) is 0 Å². The molecule has 0 aliphatic rings. The quantitative estimate of drug-likeness (QED) is 0.802. The highest BCUT2D eigenvalue weighted by molar-refractivity contribution is 7.89. The molecule has 114 valence electrons. The Bertz CT molecular complexity index is 494. The molecule has 1 N–H and O–H groups in total. The zero-order valence-electron chi connectivity index (χ0n) is 12.7. The van der Waals surface area contributed by atoms with Gasteiger partial charge in [-0.3, -0.25) is 0 Å². The fraction of sp³-hybridized carbons (Fsp3) is 0.600. The van der Waals surface area contributed by atoms with Gasteiger partial charge in [-0.15, -0.1) is 0 Å². The van der Waals surface area contributed by atoms with Crippen LogP contribution < -0.4 is 9.46 Å². The predicted molar refractivity (Wildman–Crippen MR) is 81.5 cm³/mol. The average Bonchev–Trinajstić information content (AvgIpc) is 2.37. The first-order chi connectivity index (χ1) is 9.35. The minimum Gasteiger partial charge on any atom is -0.497 e. The maximum absolute atomic E-state index is 12.2. The van der Waals surface area contributed by atoms with E-state index in [1.807, 2.05) is 6.92 Å². The Morgan fingerprint density at radius 3 is 2.20 bits per heavy atom. The van der Waals surface area contributed by atoms with Crippen molar-refractivity contribution >= 4 is 10.0 Å². The van der Waals surface area contributed by atoms with Crippen molar-refractivity contribution in [1.82, 2.24) is 4.72 Å². The lowest BCUT2D eigenvalue weighted by atomic mass is 10.0. The molecule has 0 aliphatic heterocycles. The fourth-order valence-electron chi connectivity index (χ4n) is 1.98. The van der Waals surface area contributed by atoms with Gasteiger partial charge >= 0.3 is 0 Å². The standard InChI is InChI=1S/C15H25NO3S/c1-12(2)6-5-7-13(3)16-20(17,18)15-10-8-14(19-4)9-11-15/h8-13,16H,5-7H2,1-4H3/t13-/m1/s1. The zero-order chi connectivity index (χ0) is 15.2. The summed E-state index contributed by atoms with van der Waals surface area (Å²) in [6.45, 7) is 6.25. The molecule has 0 amide bonds. The molecule has 0 saturated carbocycles. The van der Waals surface area contributed by atoms with Crippen molar-refractivity contribution < 1.29 is 13.2 Å². The van der Waals surface area contributed by atoms with Gasteiger partial charge in [-0.1, -0.05) is 26.7 Å². The maximum Gasteiger partial charge on any atom is 0.240 e. The summed E-state index contributed by atoms with van der Waals surface area (Å²) in [5.41, 5.74) is 0. The molecule has 0 aliphatic carbocycles. The molecule has 1 aromatic rings. The Hall–Kier alpha value is -1.07. The summed E-state index contributed by atoms with van der Waals surface area (Å²) in [7, 11) is -1.89. The molecule has 1 atom stereocenters. The van der Waals surface area contributed by atoms with E-state index in [1.165, 1.54) is 0 Å². The first kappa shape index (κ1) is 17.0. The summed E-state index contributed by atoms with van der Waals surface area (Å²) < 4.78 is 32.1. The minimum atomic E-state index is -3.44. The first-order valence-electron chi connectivity index (χ1n) is 7.01.